The Morgan fingerprint density at radius 3 is 2.27 bits per heavy atom. The summed E-state index contributed by atoms with van der Waals surface area (Å²) in [6, 6.07) is 0. The first-order valence-corrected chi connectivity index (χ1v) is 5.66. The van der Waals surface area contributed by atoms with Crippen LogP contribution in [0, 0.1) is 5.92 Å². The third kappa shape index (κ3) is 4.86. The number of hydrogen-bond donors (Lipinski definition) is 0. The van der Waals surface area contributed by atoms with Crippen LogP contribution in [0.15, 0.2) is 12.3 Å². The third-order valence-electron chi connectivity index (χ3n) is 2.44. The maximum absolute atomic E-state index is 11.4. The number of hydrogen-bond acceptors (Lipinski definition) is 3. The first-order chi connectivity index (χ1) is 7.06. The molecule has 0 aromatic rings. The largest absolute Gasteiger partial charge is 0.466 e. The van der Waals surface area contributed by atoms with Gasteiger partial charge in [-0.05, 0) is 27.2 Å². The van der Waals surface area contributed by atoms with Crippen molar-refractivity contribution in [1.82, 2.24) is 4.90 Å². The second-order valence-corrected chi connectivity index (χ2v) is 3.60. The average molecular weight is 213 g/mol. The first kappa shape index (κ1) is 14.0. The molecule has 0 saturated heterocycles. The zero-order valence-electron chi connectivity index (χ0n) is 10.4. The summed E-state index contributed by atoms with van der Waals surface area (Å²) in [6.45, 7) is 14.2. The van der Waals surface area contributed by atoms with Gasteiger partial charge in [0.25, 0.3) is 0 Å². The van der Waals surface area contributed by atoms with Gasteiger partial charge in [0.2, 0.25) is 0 Å². The first-order valence-electron chi connectivity index (χ1n) is 5.66. The molecular weight excluding hydrogens is 190 g/mol. The van der Waals surface area contributed by atoms with E-state index in [4.69, 9.17) is 4.74 Å². The third-order valence-corrected chi connectivity index (χ3v) is 2.44. The van der Waals surface area contributed by atoms with Crippen LogP contribution in [0.25, 0.3) is 0 Å². The molecule has 0 aliphatic carbocycles. The highest BCUT2D eigenvalue weighted by molar-refractivity contribution is 5.72. The van der Waals surface area contributed by atoms with E-state index in [9.17, 15) is 4.79 Å². The minimum absolute atomic E-state index is 0.0990. The number of carbonyl (C=O) groups excluding carboxylic acids is 1. The van der Waals surface area contributed by atoms with E-state index < -0.39 is 0 Å². The minimum atomic E-state index is -0.134. The van der Waals surface area contributed by atoms with Gasteiger partial charge >= 0.3 is 5.97 Å². The fourth-order valence-electron chi connectivity index (χ4n) is 1.52. The Morgan fingerprint density at radius 1 is 1.33 bits per heavy atom. The molecule has 0 fully saturated rings. The van der Waals surface area contributed by atoms with Crippen LogP contribution in [0.4, 0.5) is 0 Å². The van der Waals surface area contributed by atoms with Gasteiger partial charge in [0, 0.05) is 18.8 Å². The Bertz CT molecular complexity index is 210. The normalized spacial score (nSPS) is 12.0. The standard InChI is InChI=1S/C12H23NO2/c1-6-13(7-2)11(5)9-10(4)12(14)15-8-3/h10H,5-9H2,1-4H3. The van der Waals surface area contributed by atoms with Crippen molar-refractivity contribution < 1.29 is 9.53 Å². The van der Waals surface area contributed by atoms with Crippen LogP contribution in [-0.4, -0.2) is 30.6 Å². The number of esters is 1. The Balaban J connectivity index is 4.10. The highest BCUT2D eigenvalue weighted by atomic mass is 16.5. The number of ether oxygens (including phenoxy) is 1. The molecule has 15 heavy (non-hydrogen) atoms. The molecule has 0 saturated carbocycles. The van der Waals surface area contributed by atoms with Gasteiger partial charge < -0.3 is 9.64 Å². The summed E-state index contributed by atoms with van der Waals surface area (Å²) in [4.78, 5) is 13.6. The van der Waals surface area contributed by atoms with Crippen molar-refractivity contribution in [1.29, 1.82) is 0 Å². The van der Waals surface area contributed by atoms with Gasteiger partial charge in [-0.3, -0.25) is 4.79 Å². The molecule has 88 valence electrons. The Kier molecular flexibility index (Phi) is 6.84. The summed E-state index contributed by atoms with van der Waals surface area (Å²) in [5.41, 5.74) is 1.01. The molecule has 0 aliphatic rings. The fourth-order valence-corrected chi connectivity index (χ4v) is 1.52. The molecule has 0 heterocycles. The van der Waals surface area contributed by atoms with Gasteiger partial charge in [-0.1, -0.05) is 13.5 Å². The molecular formula is C12H23NO2. The maximum atomic E-state index is 11.4. The molecule has 1 unspecified atom stereocenters. The van der Waals surface area contributed by atoms with Crippen LogP contribution in [0.1, 0.15) is 34.1 Å². The highest BCUT2D eigenvalue weighted by Crippen LogP contribution is 2.14. The lowest BCUT2D eigenvalue weighted by molar-refractivity contribution is -0.147. The lowest BCUT2D eigenvalue weighted by Crippen LogP contribution is -2.25. The van der Waals surface area contributed by atoms with Crippen LogP contribution in [0.3, 0.4) is 0 Å². The van der Waals surface area contributed by atoms with Crippen molar-refractivity contribution in [3.8, 4) is 0 Å². The van der Waals surface area contributed by atoms with E-state index in [2.05, 4.69) is 25.3 Å². The Hall–Kier alpha value is -0.990. The van der Waals surface area contributed by atoms with Gasteiger partial charge in [-0.15, -0.1) is 0 Å². The van der Waals surface area contributed by atoms with E-state index in [-0.39, 0.29) is 11.9 Å². The predicted octanol–water partition coefficient (Wildman–Crippen LogP) is 2.43. The van der Waals surface area contributed by atoms with Crippen LogP contribution >= 0.6 is 0 Å². The van der Waals surface area contributed by atoms with E-state index in [0.717, 1.165) is 18.8 Å². The van der Waals surface area contributed by atoms with Crippen molar-refractivity contribution in [2.45, 2.75) is 34.1 Å². The van der Waals surface area contributed by atoms with Crippen LogP contribution in [0.5, 0.6) is 0 Å². The van der Waals surface area contributed by atoms with E-state index in [1.165, 1.54) is 0 Å². The molecule has 0 aromatic heterocycles. The number of carbonyl (C=O) groups is 1. The summed E-state index contributed by atoms with van der Waals surface area (Å²) in [7, 11) is 0. The number of rotatable bonds is 7. The van der Waals surface area contributed by atoms with Crippen LogP contribution < -0.4 is 0 Å². The van der Waals surface area contributed by atoms with Gasteiger partial charge in [0.15, 0.2) is 0 Å². The zero-order chi connectivity index (χ0) is 11.8. The molecule has 0 aromatic carbocycles. The second-order valence-electron chi connectivity index (χ2n) is 3.60. The van der Waals surface area contributed by atoms with E-state index in [1.807, 2.05) is 13.8 Å². The molecule has 0 radical (unpaired) electrons. The molecule has 0 amide bonds. The van der Waals surface area contributed by atoms with Crippen LogP contribution in [-0.2, 0) is 9.53 Å². The fraction of sp³-hybridized carbons (Fsp3) is 0.750. The lowest BCUT2D eigenvalue weighted by Gasteiger charge is -2.25. The number of nitrogens with zero attached hydrogens (tertiary/aromatic N) is 1. The molecule has 0 spiro atoms. The molecule has 0 aliphatic heterocycles. The molecule has 0 rings (SSSR count). The summed E-state index contributed by atoms with van der Waals surface area (Å²) >= 11 is 0. The van der Waals surface area contributed by atoms with Crippen molar-refractivity contribution >= 4 is 5.97 Å². The Labute approximate surface area is 93.1 Å². The van der Waals surface area contributed by atoms with E-state index in [0.29, 0.717) is 13.0 Å². The Morgan fingerprint density at radius 2 is 1.87 bits per heavy atom. The van der Waals surface area contributed by atoms with Crippen molar-refractivity contribution in [3.05, 3.63) is 12.3 Å². The smallest absolute Gasteiger partial charge is 0.309 e. The number of allylic oxidation sites excluding steroid dienone is 1. The molecule has 1 atom stereocenters. The summed E-state index contributed by atoms with van der Waals surface area (Å²) in [5.74, 6) is -0.233. The molecule has 0 N–H and O–H groups in total. The monoisotopic (exact) mass is 213 g/mol. The van der Waals surface area contributed by atoms with Crippen molar-refractivity contribution in [2.24, 2.45) is 5.92 Å². The summed E-state index contributed by atoms with van der Waals surface area (Å²) < 4.78 is 4.95. The van der Waals surface area contributed by atoms with Gasteiger partial charge in [-0.2, -0.15) is 0 Å². The summed E-state index contributed by atoms with van der Waals surface area (Å²) in [5, 5.41) is 0. The molecule has 0 bridgehead atoms. The van der Waals surface area contributed by atoms with Gasteiger partial charge in [-0.25, -0.2) is 0 Å². The topological polar surface area (TPSA) is 29.5 Å². The van der Waals surface area contributed by atoms with Gasteiger partial charge in [0.1, 0.15) is 0 Å². The quantitative estimate of drug-likeness (QED) is 0.608. The van der Waals surface area contributed by atoms with Crippen molar-refractivity contribution in [2.75, 3.05) is 19.7 Å². The molecule has 3 nitrogen and oxygen atoms in total. The second kappa shape index (κ2) is 7.32. The lowest BCUT2D eigenvalue weighted by atomic mass is 10.1. The van der Waals surface area contributed by atoms with E-state index >= 15 is 0 Å². The van der Waals surface area contributed by atoms with Gasteiger partial charge in [0.05, 0.1) is 12.5 Å². The average Bonchev–Trinajstić information content (AvgIpc) is 2.19. The zero-order valence-corrected chi connectivity index (χ0v) is 10.4. The summed E-state index contributed by atoms with van der Waals surface area (Å²) in [6.07, 6.45) is 0.681. The van der Waals surface area contributed by atoms with Crippen LogP contribution in [0.2, 0.25) is 0 Å². The minimum Gasteiger partial charge on any atom is -0.466 e. The maximum Gasteiger partial charge on any atom is 0.309 e. The highest BCUT2D eigenvalue weighted by Gasteiger charge is 2.16. The molecule has 3 heteroatoms. The van der Waals surface area contributed by atoms with Crippen molar-refractivity contribution in [3.63, 3.8) is 0 Å². The predicted molar refractivity (Wildman–Crippen MR) is 62.5 cm³/mol. The SMILES string of the molecule is C=C(CC(C)C(=O)OCC)N(CC)CC. The van der Waals surface area contributed by atoms with E-state index in [1.54, 1.807) is 0 Å².